The Morgan fingerprint density at radius 2 is 2.04 bits per heavy atom. The second-order valence-electron chi connectivity index (χ2n) is 7.00. The fourth-order valence-corrected chi connectivity index (χ4v) is 3.78. The molecule has 0 N–H and O–H groups in total. The molecule has 8 nitrogen and oxygen atoms in total. The molecule has 27 heavy (non-hydrogen) atoms. The molecule has 3 heterocycles. The van der Waals surface area contributed by atoms with Crippen molar-refractivity contribution >= 4 is 22.8 Å². The molecule has 1 aliphatic heterocycles. The van der Waals surface area contributed by atoms with E-state index in [1.54, 1.807) is 21.1 Å². The van der Waals surface area contributed by atoms with Gasteiger partial charge < -0.3 is 14.2 Å². The van der Waals surface area contributed by atoms with Gasteiger partial charge in [-0.05, 0) is 25.0 Å². The topological polar surface area (TPSA) is 74.3 Å². The number of hydrogen-bond donors (Lipinski definition) is 0. The number of imidazole rings is 1. The molecule has 0 aliphatic carbocycles. The van der Waals surface area contributed by atoms with Crippen LogP contribution in [0, 0.1) is 5.92 Å². The molecular weight excluding hydrogens is 346 g/mol. The Morgan fingerprint density at radius 3 is 2.74 bits per heavy atom. The second-order valence-corrected chi connectivity index (χ2v) is 7.00. The van der Waals surface area contributed by atoms with Gasteiger partial charge in [0.15, 0.2) is 11.2 Å². The molecule has 0 saturated carbocycles. The first kappa shape index (κ1) is 17.4. The lowest BCUT2D eigenvalue weighted by molar-refractivity contribution is 0.414. The zero-order valence-electron chi connectivity index (χ0n) is 16.0. The summed E-state index contributed by atoms with van der Waals surface area (Å²) in [5.74, 6) is 1.75. The summed E-state index contributed by atoms with van der Waals surface area (Å²) in [5, 5.41) is 0. The normalized spacial score (nSPS) is 16.6. The number of nitrogens with zero attached hydrogens (tertiary/aromatic N) is 5. The molecule has 0 bridgehead atoms. The fourth-order valence-electron chi connectivity index (χ4n) is 3.78. The molecule has 1 aliphatic rings. The summed E-state index contributed by atoms with van der Waals surface area (Å²) >= 11 is 0. The standard InChI is InChI=1S/C19H23N5O3/c1-5-22-17(25)15-16(21(3)19(22)26)20-18-23(10-12(2)11-24(15)18)13-7-6-8-14(9-13)27-4/h6-9,12H,5,10-11H2,1-4H3. The molecule has 0 spiro atoms. The highest BCUT2D eigenvalue weighted by Crippen LogP contribution is 2.34. The van der Waals surface area contributed by atoms with Crippen molar-refractivity contribution in [3.05, 3.63) is 45.1 Å². The minimum Gasteiger partial charge on any atom is -0.497 e. The van der Waals surface area contributed by atoms with Crippen molar-refractivity contribution in [2.24, 2.45) is 13.0 Å². The van der Waals surface area contributed by atoms with Gasteiger partial charge in [0.2, 0.25) is 5.95 Å². The van der Waals surface area contributed by atoms with Crippen molar-refractivity contribution in [1.29, 1.82) is 0 Å². The van der Waals surface area contributed by atoms with Crippen LogP contribution in [0.25, 0.3) is 11.2 Å². The van der Waals surface area contributed by atoms with E-state index in [1.807, 2.05) is 28.8 Å². The molecule has 1 atom stereocenters. The third kappa shape index (κ3) is 2.55. The molecule has 2 aromatic heterocycles. The van der Waals surface area contributed by atoms with E-state index in [1.165, 1.54) is 9.13 Å². The smallest absolute Gasteiger partial charge is 0.332 e. The quantitative estimate of drug-likeness (QED) is 0.703. The Balaban J connectivity index is 2.01. The highest BCUT2D eigenvalue weighted by atomic mass is 16.5. The van der Waals surface area contributed by atoms with Crippen LogP contribution in [0.15, 0.2) is 33.9 Å². The molecule has 8 heteroatoms. The number of methoxy groups -OCH3 is 1. The highest BCUT2D eigenvalue weighted by molar-refractivity contribution is 5.77. The number of fused-ring (bicyclic) bond motifs is 3. The van der Waals surface area contributed by atoms with Crippen molar-refractivity contribution in [3.8, 4) is 5.75 Å². The summed E-state index contributed by atoms with van der Waals surface area (Å²) in [6.07, 6.45) is 0. The number of aromatic nitrogens is 4. The van der Waals surface area contributed by atoms with E-state index < -0.39 is 0 Å². The maximum atomic E-state index is 13.0. The van der Waals surface area contributed by atoms with Gasteiger partial charge in [-0.25, -0.2) is 4.79 Å². The Kier molecular flexibility index (Phi) is 4.05. The highest BCUT2D eigenvalue weighted by Gasteiger charge is 2.29. The van der Waals surface area contributed by atoms with Gasteiger partial charge >= 0.3 is 5.69 Å². The number of rotatable bonds is 3. The lowest BCUT2D eigenvalue weighted by Gasteiger charge is -2.33. The lowest BCUT2D eigenvalue weighted by atomic mass is 10.1. The van der Waals surface area contributed by atoms with Crippen LogP contribution in [0.1, 0.15) is 13.8 Å². The Bertz CT molecular complexity index is 1140. The van der Waals surface area contributed by atoms with Crippen molar-refractivity contribution < 1.29 is 4.74 Å². The molecule has 142 valence electrons. The lowest BCUT2D eigenvalue weighted by Crippen LogP contribution is -2.40. The van der Waals surface area contributed by atoms with Crippen LogP contribution in [0.5, 0.6) is 5.75 Å². The van der Waals surface area contributed by atoms with Crippen LogP contribution in [0.4, 0.5) is 11.6 Å². The van der Waals surface area contributed by atoms with Crippen LogP contribution in [0.2, 0.25) is 0 Å². The van der Waals surface area contributed by atoms with Gasteiger partial charge in [0.05, 0.1) is 7.11 Å². The average molecular weight is 369 g/mol. The summed E-state index contributed by atoms with van der Waals surface area (Å²) < 4.78 is 10.0. The largest absolute Gasteiger partial charge is 0.497 e. The van der Waals surface area contributed by atoms with Gasteiger partial charge in [-0.15, -0.1) is 0 Å². The van der Waals surface area contributed by atoms with E-state index in [9.17, 15) is 9.59 Å². The fraction of sp³-hybridized carbons (Fsp3) is 0.421. The third-order valence-corrected chi connectivity index (χ3v) is 5.12. The van der Waals surface area contributed by atoms with E-state index in [4.69, 9.17) is 9.72 Å². The maximum Gasteiger partial charge on any atom is 0.332 e. The Morgan fingerprint density at radius 1 is 1.26 bits per heavy atom. The summed E-state index contributed by atoms with van der Waals surface area (Å²) in [4.78, 5) is 32.2. The van der Waals surface area contributed by atoms with Crippen LogP contribution in [-0.4, -0.2) is 32.3 Å². The number of aryl methyl sites for hydroxylation is 1. The molecule has 1 aromatic carbocycles. The monoisotopic (exact) mass is 369 g/mol. The first-order chi connectivity index (χ1) is 13.0. The molecule has 0 amide bonds. The predicted molar refractivity (Wildman–Crippen MR) is 104 cm³/mol. The van der Waals surface area contributed by atoms with Crippen molar-refractivity contribution in [2.75, 3.05) is 18.6 Å². The Labute approximate surface area is 156 Å². The zero-order chi connectivity index (χ0) is 19.3. The van der Waals surface area contributed by atoms with Crippen molar-refractivity contribution in [1.82, 2.24) is 18.7 Å². The molecule has 4 rings (SSSR count). The first-order valence-electron chi connectivity index (χ1n) is 9.07. The Hall–Kier alpha value is -3.03. The summed E-state index contributed by atoms with van der Waals surface area (Å²) in [6.45, 7) is 5.72. The SMILES string of the molecule is CCn1c(=O)c2c(nc3n2CC(C)CN3c2cccc(OC)c2)n(C)c1=O. The predicted octanol–water partition coefficient (Wildman–Crippen LogP) is 1.71. The molecular formula is C19H23N5O3. The molecule has 3 aromatic rings. The number of ether oxygens (including phenoxy) is 1. The molecule has 0 fully saturated rings. The minimum atomic E-state index is -0.341. The van der Waals surface area contributed by atoms with Crippen molar-refractivity contribution in [3.63, 3.8) is 0 Å². The number of hydrogen-bond acceptors (Lipinski definition) is 5. The zero-order valence-corrected chi connectivity index (χ0v) is 16.0. The van der Waals surface area contributed by atoms with Gasteiger partial charge in [0.25, 0.3) is 5.56 Å². The first-order valence-corrected chi connectivity index (χ1v) is 9.07. The second kappa shape index (κ2) is 6.29. The average Bonchev–Trinajstić information content (AvgIpc) is 3.05. The summed E-state index contributed by atoms with van der Waals surface area (Å²) in [5.41, 5.74) is 1.22. The van der Waals surface area contributed by atoms with Gasteiger partial charge in [0.1, 0.15) is 5.75 Å². The van der Waals surface area contributed by atoms with E-state index in [0.29, 0.717) is 36.1 Å². The van der Waals surface area contributed by atoms with E-state index >= 15 is 0 Å². The summed E-state index contributed by atoms with van der Waals surface area (Å²) in [6, 6.07) is 7.77. The van der Waals surface area contributed by atoms with Crippen LogP contribution < -0.4 is 20.9 Å². The van der Waals surface area contributed by atoms with E-state index in [0.717, 1.165) is 18.0 Å². The molecule has 1 unspecified atom stereocenters. The third-order valence-electron chi connectivity index (χ3n) is 5.12. The van der Waals surface area contributed by atoms with Gasteiger partial charge in [-0.3, -0.25) is 13.9 Å². The van der Waals surface area contributed by atoms with Crippen LogP contribution >= 0.6 is 0 Å². The molecule has 0 radical (unpaired) electrons. The van der Waals surface area contributed by atoms with E-state index in [2.05, 4.69) is 11.8 Å². The van der Waals surface area contributed by atoms with E-state index in [-0.39, 0.29) is 11.2 Å². The van der Waals surface area contributed by atoms with Crippen LogP contribution in [0.3, 0.4) is 0 Å². The van der Waals surface area contributed by atoms with Crippen LogP contribution in [-0.2, 0) is 20.1 Å². The number of anilines is 2. The van der Waals surface area contributed by atoms with Gasteiger partial charge in [0, 0.05) is 38.4 Å². The van der Waals surface area contributed by atoms with Crippen molar-refractivity contribution in [2.45, 2.75) is 26.9 Å². The maximum absolute atomic E-state index is 13.0. The summed E-state index contributed by atoms with van der Waals surface area (Å²) in [7, 11) is 3.30. The minimum absolute atomic E-state index is 0.283. The van der Waals surface area contributed by atoms with Gasteiger partial charge in [-0.2, -0.15) is 4.98 Å². The van der Waals surface area contributed by atoms with Gasteiger partial charge in [-0.1, -0.05) is 13.0 Å². The number of benzene rings is 1. The molecule has 0 saturated heterocycles.